The number of hydrogen-bond acceptors (Lipinski definition) is 4. The lowest BCUT2D eigenvalue weighted by atomic mass is 10.0. The van der Waals surface area contributed by atoms with Gasteiger partial charge >= 0.3 is 0 Å². The maximum absolute atomic E-state index is 11.9. The predicted octanol–water partition coefficient (Wildman–Crippen LogP) is 1.87. The van der Waals surface area contributed by atoms with E-state index in [0.29, 0.717) is 6.42 Å². The summed E-state index contributed by atoms with van der Waals surface area (Å²) in [6, 6.07) is 7.25. The first-order chi connectivity index (χ1) is 8.67. The summed E-state index contributed by atoms with van der Waals surface area (Å²) < 4.78 is 33.6. The minimum atomic E-state index is -2.43. The Kier molecular flexibility index (Phi) is 6.56. The first kappa shape index (κ1) is 14.8. The number of hydrazine groups is 1. The molecule has 1 atom stereocenters. The van der Waals surface area contributed by atoms with Crippen LogP contribution in [0.1, 0.15) is 18.0 Å². The van der Waals surface area contributed by atoms with Crippen LogP contribution in [-0.4, -0.2) is 26.7 Å². The lowest BCUT2D eigenvalue weighted by Gasteiger charge is -2.16. The summed E-state index contributed by atoms with van der Waals surface area (Å²) in [5.41, 5.74) is 3.59. The average Bonchev–Trinajstić information content (AvgIpc) is 2.39. The fraction of sp³-hybridized carbons (Fsp3) is 0.500. The van der Waals surface area contributed by atoms with Crippen molar-refractivity contribution in [3.05, 3.63) is 29.8 Å². The second kappa shape index (κ2) is 7.97. The molecule has 1 rings (SSSR count). The van der Waals surface area contributed by atoms with Gasteiger partial charge in [-0.1, -0.05) is 12.1 Å². The van der Waals surface area contributed by atoms with Crippen LogP contribution >= 0.6 is 0 Å². The summed E-state index contributed by atoms with van der Waals surface area (Å²) in [6.45, 7) is -0.314. The third kappa shape index (κ3) is 4.95. The normalized spacial score (nSPS) is 12.7. The molecule has 0 bridgehead atoms. The number of ether oxygens (including phenoxy) is 2. The van der Waals surface area contributed by atoms with Crippen LogP contribution in [0.4, 0.5) is 8.78 Å². The highest BCUT2D eigenvalue weighted by atomic mass is 19.3. The maximum Gasteiger partial charge on any atom is 0.261 e. The van der Waals surface area contributed by atoms with Gasteiger partial charge in [0.2, 0.25) is 0 Å². The topological polar surface area (TPSA) is 56.5 Å². The van der Waals surface area contributed by atoms with Crippen LogP contribution in [-0.2, 0) is 4.74 Å². The monoisotopic (exact) mass is 260 g/mol. The van der Waals surface area contributed by atoms with Gasteiger partial charge in [0.15, 0.2) is 0 Å². The minimum Gasteiger partial charge on any atom is -0.497 e. The summed E-state index contributed by atoms with van der Waals surface area (Å²) in [7, 11) is 1.59. The second-order valence-electron chi connectivity index (χ2n) is 3.75. The number of hydrogen-bond donors (Lipinski definition) is 2. The number of benzene rings is 1. The smallest absolute Gasteiger partial charge is 0.261 e. The van der Waals surface area contributed by atoms with E-state index >= 15 is 0 Å². The molecule has 0 spiro atoms. The lowest BCUT2D eigenvalue weighted by molar-refractivity contribution is 0.0143. The molecule has 0 fully saturated rings. The van der Waals surface area contributed by atoms with Crippen LogP contribution < -0.4 is 16.0 Å². The molecule has 0 aromatic heterocycles. The quantitative estimate of drug-likeness (QED) is 0.425. The summed E-state index contributed by atoms with van der Waals surface area (Å²) in [5, 5.41) is 0. The molecule has 1 aromatic carbocycles. The number of rotatable bonds is 8. The fourth-order valence-electron chi connectivity index (χ4n) is 1.56. The van der Waals surface area contributed by atoms with E-state index in [0.717, 1.165) is 11.3 Å². The highest BCUT2D eigenvalue weighted by Gasteiger charge is 2.10. The van der Waals surface area contributed by atoms with Gasteiger partial charge in [0.05, 0.1) is 7.11 Å². The molecule has 4 nitrogen and oxygen atoms in total. The van der Waals surface area contributed by atoms with Crippen LogP contribution in [0.5, 0.6) is 5.75 Å². The molecule has 1 unspecified atom stereocenters. The second-order valence-corrected chi connectivity index (χ2v) is 3.75. The molecule has 102 valence electrons. The van der Waals surface area contributed by atoms with Gasteiger partial charge in [0, 0.05) is 12.6 Å². The zero-order chi connectivity index (χ0) is 13.4. The molecule has 0 aliphatic heterocycles. The van der Waals surface area contributed by atoms with Crippen LogP contribution in [0, 0.1) is 0 Å². The van der Waals surface area contributed by atoms with Gasteiger partial charge in [-0.2, -0.15) is 0 Å². The van der Waals surface area contributed by atoms with Crippen molar-refractivity contribution < 1.29 is 18.3 Å². The molecule has 18 heavy (non-hydrogen) atoms. The number of nitrogens with one attached hydrogen (secondary N) is 1. The van der Waals surface area contributed by atoms with Gasteiger partial charge in [-0.3, -0.25) is 11.3 Å². The molecule has 0 heterocycles. The Balaban J connectivity index is 2.44. The largest absolute Gasteiger partial charge is 0.497 e. The van der Waals surface area contributed by atoms with Gasteiger partial charge in [-0.05, 0) is 24.1 Å². The van der Waals surface area contributed by atoms with Crippen LogP contribution in [0.2, 0.25) is 0 Å². The van der Waals surface area contributed by atoms with E-state index in [4.69, 9.17) is 15.3 Å². The van der Waals surface area contributed by atoms with Gasteiger partial charge in [0.25, 0.3) is 6.43 Å². The molecule has 0 radical (unpaired) electrons. The molecule has 0 aliphatic rings. The van der Waals surface area contributed by atoms with Crippen molar-refractivity contribution in [2.45, 2.75) is 18.9 Å². The third-order valence-corrected chi connectivity index (χ3v) is 2.51. The first-order valence-electron chi connectivity index (χ1n) is 5.63. The Morgan fingerprint density at radius 2 is 1.94 bits per heavy atom. The summed E-state index contributed by atoms with van der Waals surface area (Å²) in [5.74, 6) is 6.19. The number of methoxy groups -OCH3 is 1. The van der Waals surface area contributed by atoms with Crippen molar-refractivity contribution in [3.63, 3.8) is 0 Å². The predicted molar refractivity (Wildman–Crippen MR) is 64.5 cm³/mol. The van der Waals surface area contributed by atoms with Crippen LogP contribution in [0.3, 0.4) is 0 Å². The molecule has 6 heteroatoms. The molecule has 3 N–H and O–H groups in total. The Morgan fingerprint density at radius 1 is 1.28 bits per heavy atom. The van der Waals surface area contributed by atoms with E-state index in [9.17, 15) is 8.78 Å². The number of nitrogens with two attached hydrogens (primary N) is 1. The molecule has 0 aliphatic carbocycles. The molecule has 0 saturated heterocycles. The van der Waals surface area contributed by atoms with Crippen molar-refractivity contribution >= 4 is 0 Å². The van der Waals surface area contributed by atoms with E-state index in [2.05, 4.69) is 5.43 Å². The first-order valence-corrected chi connectivity index (χ1v) is 5.63. The van der Waals surface area contributed by atoms with E-state index in [1.54, 1.807) is 7.11 Å². The van der Waals surface area contributed by atoms with Crippen molar-refractivity contribution in [2.24, 2.45) is 5.84 Å². The SMILES string of the molecule is COc1ccc(C(CCOCC(F)F)NN)cc1. The summed E-state index contributed by atoms with van der Waals surface area (Å²) in [6.07, 6.45) is -1.91. The summed E-state index contributed by atoms with van der Waals surface area (Å²) in [4.78, 5) is 0. The lowest BCUT2D eigenvalue weighted by Crippen LogP contribution is -2.29. The Bertz CT molecular complexity index is 333. The highest BCUT2D eigenvalue weighted by Crippen LogP contribution is 2.19. The minimum absolute atomic E-state index is 0.131. The average molecular weight is 260 g/mol. The number of alkyl halides is 2. The van der Waals surface area contributed by atoms with E-state index in [1.807, 2.05) is 24.3 Å². The van der Waals surface area contributed by atoms with Gasteiger partial charge in [-0.15, -0.1) is 0 Å². The zero-order valence-electron chi connectivity index (χ0n) is 10.2. The van der Waals surface area contributed by atoms with Crippen molar-refractivity contribution in [1.82, 2.24) is 5.43 Å². The Labute approximate surface area is 105 Å². The number of halogens is 2. The Hall–Kier alpha value is -1.24. The third-order valence-electron chi connectivity index (χ3n) is 2.51. The van der Waals surface area contributed by atoms with Crippen LogP contribution in [0.25, 0.3) is 0 Å². The molecule has 1 aromatic rings. The van der Waals surface area contributed by atoms with E-state index in [1.165, 1.54) is 0 Å². The van der Waals surface area contributed by atoms with Crippen molar-refractivity contribution in [1.29, 1.82) is 0 Å². The van der Waals surface area contributed by atoms with Gasteiger partial charge in [-0.25, -0.2) is 8.78 Å². The van der Waals surface area contributed by atoms with E-state index < -0.39 is 13.0 Å². The maximum atomic E-state index is 11.9. The molecular weight excluding hydrogens is 242 g/mol. The van der Waals surface area contributed by atoms with Gasteiger partial charge in [0.1, 0.15) is 12.4 Å². The van der Waals surface area contributed by atoms with Crippen molar-refractivity contribution in [2.75, 3.05) is 20.3 Å². The fourth-order valence-corrected chi connectivity index (χ4v) is 1.56. The molecular formula is C12H18F2N2O2. The van der Waals surface area contributed by atoms with Crippen LogP contribution in [0.15, 0.2) is 24.3 Å². The highest BCUT2D eigenvalue weighted by molar-refractivity contribution is 5.29. The Morgan fingerprint density at radius 3 is 2.44 bits per heavy atom. The summed E-state index contributed by atoms with van der Waals surface area (Å²) >= 11 is 0. The van der Waals surface area contributed by atoms with E-state index in [-0.39, 0.29) is 12.6 Å². The standard InChI is InChI=1S/C12H18F2N2O2/c1-17-10-4-2-9(3-5-10)11(16-15)6-7-18-8-12(13)14/h2-5,11-12,16H,6-8,15H2,1H3. The zero-order valence-corrected chi connectivity index (χ0v) is 10.2. The van der Waals surface area contributed by atoms with Gasteiger partial charge < -0.3 is 9.47 Å². The van der Waals surface area contributed by atoms with Crippen molar-refractivity contribution in [3.8, 4) is 5.75 Å². The molecule has 0 saturated carbocycles. The molecule has 0 amide bonds.